The lowest BCUT2D eigenvalue weighted by atomic mass is 9.85. The van der Waals surface area contributed by atoms with Crippen LogP contribution in [-0.4, -0.2) is 80.3 Å². The van der Waals surface area contributed by atoms with E-state index in [-0.39, 0.29) is 18.9 Å². The van der Waals surface area contributed by atoms with Crippen molar-refractivity contribution in [2.45, 2.75) is 117 Å². The van der Waals surface area contributed by atoms with Crippen LogP contribution in [0.5, 0.6) is 0 Å². The second-order valence-corrected chi connectivity index (χ2v) is 18.2. The molecule has 1 aliphatic carbocycles. The number of hydrogen-bond donors (Lipinski definition) is 0. The van der Waals surface area contributed by atoms with Gasteiger partial charge in [-0.05, 0) is 103 Å². The van der Waals surface area contributed by atoms with Crippen LogP contribution in [0.1, 0.15) is 97.6 Å². The van der Waals surface area contributed by atoms with E-state index in [1.807, 2.05) is 87.6 Å². The molecule has 0 spiro atoms. The zero-order valence-corrected chi connectivity index (χ0v) is 33.6. The van der Waals surface area contributed by atoms with Gasteiger partial charge in [0, 0.05) is 35.2 Å². The molecule has 1 unspecified atom stereocenters. The first-order chi connectivity index (χ1) is 25.2. The van der Waals surface area contributed by atoms with Crippen LogP contribution in [0, 0.1) is 5.92 Å². The summed E-state index contributed by atoms with van der Waals surface area (Å²) in [5, 5.41) is 17.2. The molecule has 2 fully saturated rings. The molecule has 53 heavy (non-hydrogen) atoms. The van der Waals surface area contributed by atoms with Gasteiger partial charge in [-0.15, -0.1) is 5.10 Å². The number of fused-ring (bicyclic) bond motifs is 2. The van der Waals surface area contributed by atoms with Gasteiger partial charge < -0.3 is 19.1 Å². The number of nitrogens with zero attached hydrogens (tertiary/aromatic N) is 7. The Morgan fingerprint density at radius 2 is 1.75 bits per heavy atom. The summed E-state index contributed by atoms with van der Waals surface area (Å²) in [6, 6.07) is 12.5. The third-order valence-electron chi connectivity index (χ3n) is 10.0. The van der Waals surface area contributed by atoms with Gasteiger partial charge in [-0.25, -0.2) is 23.5 Å². The Labute approximate surface area is 313 Å². The molecule has 282 valence electrons. The van der Waals surface area contributed by atoms with E-state index in [9.17, 15) is 9.59 Å². The number of hydrogen-bond acceptors (Lipinski definition) is 8. The second-order valence-electron chi connectivity index (χ2n) is 16.6. The minimum Gasteiger partial charge on any atom is -0.444 e. The molecule has 5 aromatic rings. The largest absolute Gasteiger partial charge is 0.444 e. The summed E-state index contributed by atoms with van der Waals surface area (Å²) in [5.74, 6) is 0.422. The van der Waals surface area contributed by atoms with Crippen molar-refractivity contribution < 1.29 is 23.8 Å². The Balaban J connectivity index is 1.20. The molecule has 1 atom stereocenters. The van der Waals surface area contributed by atoms with E-state index in [0.717, 1.165) is 71.8 Å². The number of aromatic nitrogens is 6. The topological polar surface area (TPSA) is 119 Å². The zero-order chi connectivity index (χ0) is 37.5. The Kier molecular flexibility index (Phi) is 10.2. The lowest BCUT2D eigenvalue weighted by Crippen LogP contribution is -2.41. The normalized spacial score (nSPS) is 17.2. The molecular formula is C40H53N7O5Si. The van der Waals surface area contributed by atoms with E-state index in [1.165, 1.54) is 11.6 Å². The molecule has 0 radical (unpaired) electrons. The molecule has 1 aliphatic heterocycles. The minimum atomic E-state index is -0.709. The van der Waals surface area contributed by atoms with Gasteiger partial charge in [0.2, 0.25) is 0 Å². The summed E-state index contributed by atoms with van der Waals surface area (Å²) in [7, 11) is -0.456. The van der Waals surface area contributed by atoms with Gasteiger partial charge in [0.1, 0.15) is 16.9 Å². The van der Waals surface area contributed by atoms with Crippen LogP contribution in [0.15, 0.2) is 48.8 Å². The van der Waals surface area contributed by atoms with Crippen molar-refractivity contribution >= 4 is 48.7 Å². The molecule has 0 bridgehead atoms. The van der Waals surface area contributed by atoms with Crippen molar-refractivity contribution in [3.8, 4) is 11.3 Å². The lowest BCUT2D eigenvalue weighted by Gasteiger charge is -2.33. The van der Waals surface area contributed by atoms with E-state index in [4.69, 9.17) is 19.3 Å². The summed E-state index contributed by atoms with van der Waals surface area (Å²) in [6.07, 6.45) is 9.50. The lowest BCUT2D eigenvalue weighted by molar-refractivity contribution is -0.0366. The van der Waals surface area contributed by atoms with Gasteiger partial charge in [0.05, 0.1) is 46.0 Å². The number of benzene rings is 2. The molecule has 13 heteroatoms. The summed E-state index contributed by atoms with van der Waals surface area (Å²) in [5.41, 5.74) is 3.87. The molecule has 0 N–H and O–H groups in total. The Morgan fingerprint density at radius 3 is 2.43 bits per heavy atom. The SMILES string of the molecule is C[SiH2]c1cc(-c2cn(Cc3ccc4cc(CN(CC5CCC5)C(=O)OC(C)(C)C)n(C(=O)OC(C)(C)C)c4c3)nn2)c2cnn(C3CCCCO3)c2c1. The molecule has 2 aliphatic rings. The maximum absolute atomic E-state index is 13.9. The fraction of sp³-hybridized carbons (Fsp3) is 0.525. The first kappa shape index (κ1) is 36.8. The summed E-state index contributed by atoms with van der Waals surface area (Å²) in [4.78, 5) is 29.1. The monoisotopic (exact) mass is 739 g/mol. The van der Waals surface area contributed by atoms with Crippen LogP contribution in [-0.2, 0) is 27.3 Å². The quantitative estimate of drug-likeness (QED) is 0.146. The van der Waals surface area contributed by atoms with E-state index in [2.05, 4.69) is 29.0 Å². The molecule has 7 rings (SSSR count). The highest BCUT2D eigenvalue weighted by molar-refractivity contribution is 6.52. The minimum absolute atomic E-state index is 0.0447. The van der Waals surface area contributed by atoms with Gasteiger partial charge in [0.25, 0.3) is 0 Å². The molecule has 2 aromatic carbocycles. The maximum atomic E-state index is 13.9. The van der Waals surface area contributed by atoms with Crippen molar-refractivity contribution in [3.05, 3.63) is 60.0 Å². The van der Waals surface area contributed by atoms with Gasteiger partial charge >= 0.3 is 12.2 Å². The number of carbonyl (C=O) groups excluding carboxylic acids is 2. The molecule has 12 nitrogen and oxygen atoms in total. The van der Waals surface area contributed by atoms with E-state index < -0.39 is 26.8 Å². The van der Waals surface area contributed by atoms with Crippen molar-refractivity contribution in [1.29, 1.82) is 0 Å². The number of rotatable bonds is 9. The highest BCUT2D eigenvalue weighted by atomic mass is 28.2. The molecule has 1 saturated carbocycles. The fourth-order valence-electron chi connectivity index (χ4n) is 7.21. The highest BCUT2D eigenvalue weighted by Gasteiger charge is 2.30. The van der Waals surface area contributed by atoms with E-state index in [1.54, 1.807) is 9.47 Å². The number of carbonyl (C=O) groups is 2. The summed E-state index contributed by atoms with van der Waals surface area (Å²) >= 11 is 0. The third-order valence-corrected chi connectivity index (χ3v) is 11.2. The van der Waals surface area contributed by atoms with Gasteiger partial charge in [-0.3, -0.25) is 0 Å². The zero-order valence-electron chi connectivity index (χ0n) is 32.2. The first-order valence-corrected chi connectivity index (χ1v) is 21.2. The van der Waals surface area contributed by atoms with Crippen LogP contribution < -0.4 is 5.19 Å². The van der Waals surface area contributed by atoms with Crippen molar-refractivity contribution in [1.82, 2.24) is 34.2 Å². The third kappa shape index (κ3) is 8.36. The Morgan fingerprint density at radius 1 is 0.962 bits per heavy atom. The van der Waals surface area contributed by atoms with E-state index in [0.29, 0.717) is 30.2 Å². The second kappa shape index (κ2) is 14.7. The van der Waals surface area contributed by atoms with Gasteiger partial charge in [-0.1, -0.05) is 41.6 Å². The van der Waals surface area contributed by atoms with Crippen molar-refractivity contribution in [3.63, 3.8) is 0 Å². The van der Waals surface area contributed by atoms with Crippen LogP contribution >= 0.6 is 0 Å². The molecule has 1 saturated heterocycles. The van der Waals surface area contributed by atoms with Crippen molar-refractivity contribution in [2.75, 3.05) is 13.2 Å². The first-order valence-electron chi connectivity index (χ1n) is 19.1. The van der Waals surface area contributed by atoms with Crippen LogP contribution in [0.3, 0.4) is 0 Å². The average molecular weight is 740 g/mol. The van der Waals surface area contributed by atoms with Crippen LogP contribution in [0.4, 0.5) is 9.59 Å². The molecule has 4 heterocycles. The predicted octanol–water partition coefficient (Wildman–Crippen LogP) is 7.16. The number of ether oxygens (including phenoxy) is 3. The standard InChI is InChI=1S/C40H53N7O5Si/c1-39(2,3)51-37(48)44(22-26-11-10-12-26)24-29-18-28-15-14-27(17-34(28)46(29)38(49)52-40(4,5)6)23-45-25-33(42-43-45)31-19-30(53-7)20-35-32(31)21-41-47(35)36-13-8-9-16-50-36/h14-15,17-21,25-26,36H,8-13,16,22-24,53H2,1-7H3. The predicted molar refractivity (Wildman–Crippen MR) is 208 cm³/mol. The Bertz CT molecular complexity index is 2110. The maximum Gasteiger partial charge on any atom is 0.419 e. The fourth-order valence-corrected chi connectivity index (χ4v) is 8.01. The molecule has 1 amide bonds. The van der Waals surface area contributed by atoms with Crippen molar-refractivity contribution in [2.24, 2.45) is 5.92 Å². The van der Waals surface area contributed by atoms with Crippen LogP contribution in [0.2, 0.25) is 6.55 Å². The smallest absolute Gasteiger partial charge is 0.419 e. The highest BCUT2D eigenvalue weighted by Crippen LogP contribution is 2.32. The van der Waals surface area contributed by atoms with Gasteiger partial charge in [-0.2, -0.15) is 5.10 Å². The van der Waals surface area contributed by atoms with Gasteiger partial charge in [0.15, 0.2) is 6.23 Å². The number of amides is 1. The summed E-state index contributed by atoms with van der Waals surface area (Å²) < 4.78 is 23.3. The average Bonchev–Trinajstić information content (AvgIpc) is 3.81. The Hall–Kier alpha value is -4.49. The summed E-state index contributed by atoms with van der Waals surface area (Å²) in [6.45, 7) is 15.5. The molecule has 3 aromatic heterocycles. The van der Waals surface area contributed by atoms with E-state index >= 15 is 0 Å². The van der Waals surface area contributed by atoms with Crippen LogP contribution in [0.25, 0.3) is 33.1 Å². The molecular weight excluding hydrogens is 687 g/mol.